The number of sulfonamides is 1. The third-order valence-electron chi connectivity index (χ3n) is 1.64. The molecule has 0 fully saturated rings. The third kappa shape index (κ3) is 2.50. The first kappa shape index (κ1) is 10.6. The number of hydrogen-bond donors (Lipinski definition) is 2. The minimum absolute atomic E-state index is 0.00454. The number of aliphatic hydroxyl groups is 1. The number of thiophene rings is 1. The summed E-state index contributed by atoms with van der Waals surface area (Å²) in [6.07, 6.45) is 0. The molecular weight excluding hydrogens is 210 g/mol. The molecule has 0 spiro atoms. The molecule has 4 nitrogen and oxygen atoms in total. The Balaban J connectivity index is 3.00. The van der Waals surface area contributed by atoms with Gasteiger partial charge in [-0.2, -0.15) is 0 Å². The quantitative estimate of drug-likeness (QED) is 0.779. The summed E-state index contributed by atoms with van der Waals surface area (Å²) >= 11 is 1.10. The van der Waals surface area contributed by atoms with Crippen LogP contribution in [0.5, 0.6) is 0 Å². The smallest absolute Gasteiger partial charge is 0.247 e. The summed E-state index contributed by atoms with van der Waals surface area (Å²) in [5.41, 5.74) is 0. The van der Waals surface area contributed by atoms with E-state index in [4.69, 9.17) is 10.2 Å². The van der Waals surface area contributed by atoms with Crippen LogP contribution in [0.15, 0.2) is 16.3 Å². The highest BCUT2D eigenvalue weighted by atomic mass is 32.2. The minimum Gasteiger partial charge on any atom is -0.396 e. The summed E-state index contributed by atoms with van der Waals surface area (Å²) in [6, 6.07) is 3.13. The zero-order valence-electron chi connectivity index (χ0n) is 7.10. The van der Waals surface area contributed by atoms with Gasteiger partial charge in [0.1, 0.15) is 4.21 Å². The van der Waals surface area contributed by atoms with Crippen molar-refractivity contribution >= 4 is 21.4 Å². The van der Waals surface area contributed by atoms with Crippen molar-refractivity contribution in [2.75, 3.05) is 6.61 Å². The summed E-state index contributed by atoms with van der Waals surface area (Å²) < 4.78 is 21.9. The zero-order valence-corrected chi connectivity index (χ0v) is 8.73. The molecule has 1 rings (SSSR count). The summed E-state index contributed by atoms with van der Waals surface area (Å²) in [6.45, 7) is 1.82. The fourth-order valence-corrected chi connectivity index (χ4v) is 2.63. The molecule has 1 aromatic rings. The number of aliphatic hydroxyl groups excluding tert-OH is 1. The lowest BCUT2D eigenvalue weighted by Gasteiger charge is -2.02. The molecule has 0 aliphatic heterocycles. The third-order valence-corrected chi connectivity index (χ3v) is 4.40. The van der Waals surface area contributed by atoms with Crippen LogP contribution in [0.1, 0.15) is 17.7 Å². The standard InChI is InChI=1S/C7H11NO3S2/c1-5(4-9)6-2-3-7(12-6)13(8,10)11/h2-3,5,9H,4H2,1H3,(H2,8,10,11)/t5-/m1/s1. The fourth-order valence-electron chi connectivity index (χ4n) is 0.842. The van der Waals surface area contributed by atoms with Gasteiger partial charge in [-0.1, -0.05) is 6.92 Å². The molecule has 6 heteroatoms. The maximum Gasteiger partial charge on any atom is 0.247 e. The van der Waals surface area contributed by atoms with Crippen molar-refractivity contribution in [3.8, 4) is 0 Å². The van der Waals surface area contributed by atoms with Gasteiger partial charge in [0.2, 0.25) is 10.0 Å². The minimum atomic E-state index is -3.59. The van der Waals surface area contributed by atoms with Gasteiger partial charge in [-0.05, 0) is 12.1 Å². The first-order valence-electron chi connectivity index (χ1n) is 3.68. The van der Waals surface area contributed by atoms with Crippen LogP contribution in [0.4, 0.5) is 0 Å². The van der Waals surface area contributed by atoms with Crippen LogP contribution in [0.2, 0.25) is 0 Å². The highest BCUT2D eigenvalue weighted by Gasteiger charge is 2.13. The van der Waals surface area contributed by atoms with Gasteiger partial charge in [-0.25, -0.2) is 13.6 Å². The van der Waals surface area contributed by atoms with Crippen molar-refractivity contribution in [3.05, 3.63) is 17.0 Å². The van der Waals surface area contributed by atoms with Gasteiger partial charge in [-0.3, -0.25) is 0 Å². The predicted octanol–water partition coefficient (Wildman–Crippen LogP) is 0.491. The molecule has 0 aliphatic carbocycles. The lowest BCUT2D eigenvalue weighted by atomic mass is 10.2. The van der Waals surface area contributed by atoms with E-state index in [2.05, 4.69) is 0 Å². The van der Waals surface area contributed by atoms with Crippen LogP contribution in [0, 0.1) is 0 Å². The van der Waals surface area contributed by atoms with E-state index < -0.39 is 10.0 Å². The topological polar surface area (TPSA) is 80.4 Å². The Morgan fingerprint density at radius 3 is 2.62 bits per heavy atom. The Labute approximate surface area is 81.1 Å². The van der Waals surface area contributed by atoms with Crippen molar-refractivity contribution in [3.63, 3.8) is 0 Å². The molecule has 0 saturated carbocycles. The average Bonchev–Trinajstić information content (AvgIpc) is 2.50. The molecule has 0 radical (unpaired) electrons. The molecule has 0 bridgehead atoms. The maximum atomic E-state index is 10.9. The van der Waals surface area contributed by atoms with E-state index >= 15 is 0 Å². The van der Waals surface area contributed by atoms with Gasteiger partial charge in [0, 0.05) is 10.8 Å². The van der Waals surface area contributed by atoms with Gasteiger partial charge < -0.3 is 5.11 Å². The van der Waals surface area contributed by atoms with Gasteiger partial charge in [0.05, 0.1) is 6.61 Å². The van der Waals surface area contributed by atoms with Crippen LogP contribution in [0.25, 0.3) is 0 Å². The average molecular weight is 221 g/mol. The SMILES string of the molecule is C[C@H](CO)c1ccc(S(N)(=O)=O)s1. The van der Waals surface area contributed by atoms with Gasteiger partial charge in [0.25, 0.3) is 0 Å². The van der Waals surface area contributed by atoms with Crippen LogP contribution in [-0.4, -0.2) is 20.1 Å². The Kier molecular flexibility index (Phi) is 3.07. The lowest BCUT2D eigenvalue weighted by molar-refractivity contribution is 0.274. The molecule has 74 valence electrons. The largest absolute Gasteiger partial charge is 0.396 e. The molecule has 0 aromatic carbocycles. The summed E-state index contributed by atoms with van der Waals surface area (Å²) in [4.78, 5) is 0.825. The summed E-state index contributed by atoms with van der Waals surface area (Å²) in [5.74, 6) is -0.0412. The van der Waals surface area contributed by atoms with E-state index in [9.17, 15) is 8.42 Å². The van der Waals surface area contributed by atoms with E-state index in [0.29, 0.717) is 0 Å². The van der Waals surface area contributed by atoms with Crippen LogP contribution in [-0.2, 0) is 10.0 Å². The van der Waals surface area contributed by atoms with E-state index in [1.807, 2.05) is 6.92 Å². The van der Waals surface area contributed by atoms with Gasteiger partial charge in [-0.15, -0.1) is 11.3 Å². The van der Waals surface area contributed by atoms with E-state index in [-0.39, 0.29) is 16.7 Å². The predicted molar refractivity (Wildman–Crippen MR) is 51.2 cm³/mol. The number of nitrogens with two attached hydrogens (primary N) is 1. The second-order valence-electron chi connectivity index (χ2n) is 2.79. The van der Waals surface area contributed by atoms with Crippen molar-refractivity contribution < 1.29 is 13.5 Å². The first-order valence-corrected chi connectivity index (χ1v) is 6.05. The molecule has 0 unspecified atom stereocenters. The van der Waals surface area contributed by atoms with Crippen molar-refractivity contribution in [1.82, 2.24) is 0 Å². The molecule has 0 amide bonds. The summed E-state index contributed by atoms with van der Waals surface area (Å²) in [7, 11) is -3.59. The normalized spacial score (nSPS) is 14.4. The van der Waals surface area contributed by atoms with E-state index in [1.54, 1.807) is 6.07 Å². The van der Waals surface area contributed by atoms with E-state index in [1.165, 1.54) is 6.07 Å². The van der Waals surface area contributed by atoms with Crippen molar-refractivity contribution in [2.24, 2.45) is 5.14 Å². The Bertz CT molecular complexity index is 382. The van der Waals surface area contributed by atoms with Crippen LogP contribution >= 0.6 is 11.3 Å². The fraction of sp³-hybridized carbons (Fsp3) is 0.429. The molecule has 13 heavy (non-hydrogen) atoms. The number of hydrogen-bond acceptors (Lipinski definition) is 4. The van der Waals surface area contributed by atoms with Crippen molar-refractivity contribution in [1.29, 1.82) is 0 Å². The van der Waals surface area contributed by atoms with Gasteiger partial charge in [0.15, 0.2) is 0 Å². The molecular formula is C7H11NO3S2. The lowest BCUT2D eigenvalue weighted by Crippen LogP contribution is -2.09. The molecule has 1 aromatic heterocycles. The van der Waals surface area contributed by atoms with Gasteiger partial charge >= 0.3 is 0 Å². The number of rotatable bonds is 3. The molecule has 1 heterocycles. The molecule has 0 aliphatic rings. The molecule has 3 N–H and O–H groups in total. The Hall–Kier alpha value is -0.430. The molecule has 1 atom stereocenters. The monoisotopic (exact) mass is 221 g/mol. The van der Waals surface area contributed by atoms with Crippen LogP contribution < -0.4 is 5.14 Å². The Morgan fingerprint density at radius 1 is 1.62 bits per heavy atom. The first-order chi connectivity index (χ1) is 5.95. The highest BCUT2D eigenvalue weighted by molar-refractivity contribution is 7.91. The molecule has 0 saturated heterocycles. The summed E-state index contributed by atoms with van der Waals surface area (Å²) in [5, 5.41) is 13.8. The highest BCUT2D eigenvalue weighted by Crippen LogP contribution is 2.26. The second-order valence-corrected chi connectivity index (χ2v) is 5.69. The van der Waals surface area contributed by atoms with Crippen LogP contribution in [0.3, 0.4) is 0 Å². The zero-order chi connectivity index (χ0) is 10.1. The Morgan fingerprint density at radius 2 is 2.23 bits per heavy atom. The maximum absolute atomic E-state index is 10.9. The second kappa shape index (κ2) is 3.75. The van der Waals surface area contributed by atoms with E-state index in [0.717, 1.165) is 16.2 Å². The number of primary sulfonamides is 1. The van der Waals surface area contributed by atoms with Crippen molar-refractivity contribution in [2.45, 2.75) is 17.1 Å².